The molecule has 1 aliphatic heterocycles. The lowest BCUT2D eigenvalue weighted by Crippen LogP contribution is -2.52. The molecule has 5 rings (SSSR count). The van der Waals surface area contributed by atoms with Gasteiger partial charge in [0.25, 0.3) is 5.56 Å². The van der Waals surface area contributed by atoms with Gasteiger partial charge in [-0.2, -0.15) is 23.3 Å². The van der Waals surface area contributed by atoms with Crippen LogP contribution in [-0.4, -0.2) is 36.5 Å². The molecule has 4 heterocycles. The Morgan fingerprint density at radius 2 is 1.89 bits per heavy atom. The summed E-state index contributed by atoms with van der Waals surface area (Å²) in [5, 5.41) is 4.47. The Labute approximate surface area is 196 Å². The molecule has 0 unspecified atom stereocenters. The number of ketones is 1. The highest BCUT2D eigenvalue weighted by atomic mass is 19.4. The Morgan fingerprint density at radius 1 is 1.17 bits per heavy atom. The van der Waals surface area contributed by atoms with E-state index >= 15 is 0 Å². The molecule has 3 aromatic heterocycles. The number of aromatic nitrogens is 5. The molecule has 0 radical (unpaired) electrons. The molecule has 0 amide bonds. The summed E-state index contributed by atoms with van der Waals surface area (Å²) in [5.41, 5.74) is 3.90. The molecule has 0 bridgehead atoms. The maximum atomic E-state index is 13.6. The SMILES string of the molecule is CC(=O)c1cnc(N)nc1N1C[C@H](C)[C@H]1c1nn2ccc(C(F)(F)F)c2c(=O)n1-c1ccccc1. The number of Topliss-reactive ketones (excluding diaryl/α,β-unsaturated/α-hetero) is 1. The summed E-state index contributed by atoms with van der Waals surface area (Å²) in [5.74, 6) is 0.117. The summed E-state index contributed by atoms with van der Waals surface area (Å²) >= 11 is 0. The van der Waals surface area contributed by atoms with Crippen molar-refractivity contribution in [3.8, 4) is 5.69 Å². The van der Waals surface area contributed by atoms with Gasteiger partial charge in [0.05, 0.1) is 22.9 Å². The highest BCUT2D eigenvalue weighted by Gasteiger charge is 2.44. The van der Waals surface area contributed by atoms with Crippen LogP contribution in [-0.2, 0) is 6.18 Å². The van der Waals surface area contributed by atoms with Crippen molar-refractivity contribution in [3.63, 3.8) is 0 Å². The van der Waals surface area contributed by atoms with E-state index in [0.717, 1.165) is 16.8 Å². The Morgan fingerprint density at radius 3 is 2.51 bits per heavy atom. The number of para-hydroxylation sites is 1. The highest BCUT2D eigenvalue weighted by molar-refractivity contribution is 5.98. The molecule has 1 aliphatic rings. The number of hydrogen-bond acceptors (Lipinski definition) is 7. The lowest BCUT2D eigenvalue weighted by molar-refractivity contribution is -0.136. The standard InChI is InChI=1S/C23H20F3N7O2/c1-12-11-31(19-15(13(2)34)10-28-22(27)29-19)17(12)20-30-32-9-8-16(23(24,25)26)18(32)21(35)33(20)14-6-4-3-5-7-14/h3-10,12,17H,11H2,1-2H3,(H2,27,28,29)/t12-,17-/m0/s1. The number of anilines is 2. The van der Waals surface area contributed by atoms with E-state index in [0.29, 0.717) is 12.2 Å². The Balaban J connectivity index is 1.77. The van der Waals surface area contributed by atoms with Gasteiger partial charge in [0.15, 0.2) is 11.6 Å². The van der Waals surface area contributed by atoms with Gasteiger partial charge in [-0.3, -0.25) is 14.2 Å². The van der Waals surface area contributed by atoms with Crippen molar-refractivity contribution >= 4 is 23.1 Å². The molecule has 12 heteroatoms. The number of carbonyl (C=O) groups is 1. The number of alkyl halides is 3. The number of nitrogen functional groups attached to an aromatic ring is 1. The molecule has 0 saturated carbocycles. The quantitative estimate of drug-likeness (QED) is 0.444. The first-order valence-electron chi connectivity index (χ1n) is 10.7. The van der Waals surface area contributed by atoms with Crippen molar-refractivity contribution in [1.82, 2.24) is 24.1 Å². The number of benzene rings is 1. The Bertz CT molecular complexity index is 1510. The van der Waals surface area contributed by atoms with Crippen LogP contribution in [0.5, 0.6) is 0 Å². The molecular weight excluding hydrogens is 463 g/mol. The van der Waals surface area contributed by atoms with Gasteiger partial charge in [-0.15, -0.1) is 0 Å². The first kappa shape index (κ1) is 22.6. The van der Waals surface area contributed by atoms with Gasteiger partial charge in [-0.1, -0.05) is 25.1 Å². The molecule has 2 N–H and O–H groups in total. The molecule has 2 atom stereocenters. The number of carbonyl (C=O) groups excluding carboxylic acids is 1. The average Bonchev–Trinajstić information content (AvgIpc) is 3.23. The fourth-order valence-electron chi connectivity index (χ4n) is 4.49. The van der Waals surface area contributed by atoms with Gasteiger partial charge >= 0.3 is 6.18 Å². The molecule has 35 heavy (non-hydrogen) atoms. The van der Waals surface area contributed by atoms with E-state index in [1.807, 2.05) is 6.92 Å². The Hall–Kier alpha value is -4.22. The van der Waals surface area contributed by atoms with Crippen LogP contribution in [0, 0.1) is 5.92 Å². The van der Waals surface area contributed by atoms with Crippen LogP contribution in [0.3, 0.4) is 0 Å². The Kier molecular flexibility index (Phi) is 5.11. The molecule has 180 valence electrons. The largest absolute Gasteiger partial charge is 0.418 e. The van der Waals surface area contributed by atoms with Crippen molar-refractivity contribution in [1.29, 1.82) is 0 Å². The highest BCUT2D eigenvalue weighted by Crippen LogP contribution is 2.42. The van der Waals surface area contributed by atoms with Gasteiger partial charge in [0, 0.05) is 24.9 Å². The van der Waals surface area contributed by atoms with Gasteiger partial charge in [-0.25, -0.2) is 9.50 Å². The molecule has 4 aromatic rings. The number of fused-ring (bicyclic) bond motifs is 1. The summed E-state index contributed by atoms with van der Waals surface area (Å²) in [6.45, 7) is 3.75. The lowest BCUT2D eigenvalue weighted by Gasteiger charge is -2.47. The summed E-state index contributed by atoms with van der Waals surface area (Å²) in [4.78, 5) is 35.7. The van der Waals surface area contributed by atoms with E-state index < -0.39 is 28.9 Å². The third-order valence-electron chi connectivity index (χ3n) is 6.09. The predicted octanol–water partition coefficient (Wildman–Crippen LogP) is 3.28. The van der Waals surface area contributed by atoms with Crippen LogP contribution >= 0.6 is 0 Å². The molecule has 1 aromatic carbocycles. The van der Waals surface area contributed by atoms with Gasteiger partial charge in [0.1, 0.15) is 11.3 Å². The van der Waals surface area contributed by atoms with Crippen molar-refractivity contribution in [2.75, 3.05) is 17.2 Å². The van der Waals surface area contributed by atoms with Crippen LogP contribution in [0.1, 0.15) is 41.6 Å². The first-order valence-corrected chi connectivity index (χ1v) is 10.7. The zero-order valence-electron chi connectivity index (χ0n) is 18.7. The summed E-state index contributed by atoms with van der Waals surface area (Å²) in [6, 6.07) is 8.60. The van der Waals surface area contributed by atoms with Crippen molar-refractivity contribution < 1.29 is 18.0 Å². The second-order valence-corrected chi connectivity index (χ2v) is 8.45. The van der Waals surface area contributed by atoms with Gasteiger partial charge in [0.2, 0.25) is 5.95 Å². The second kappa shape index (κ2) is 7.93. The van der Waals surface area contributed by atoms with Crippen molar-refractivity contribution in [3.05, 3.63) is 76.1 Å². The van der Waals surface area contributed by atoms with Crippen LogP contribution in [0.4, 0.5) is 24.9 Å². The molecule has 1 fully saturated rings. The van der Waals surface area contributed by atoms with Crippen molar-refractivity contribution in [2.24, 2.45) is 5.92 Å². The molecule has 0 spiro atoms. The smallest absolute Gasteiger partial charge is 0.368 e. The maximum Gasteiger partial charge on any atom is 0.418 e. The lowest BCUT2D eigenvalue weighted by atomic mass is 9.88. The van der Waals surface area contributed by atoms with Crippen LogP contribution < -0.4 is 16.2 Å². The van der Waals surface area contributed by atoms with E-state index in [4.69, 9.17) is 5.73 Å². The number of halogens is 3. The molecule has 0 aliphatic carbocycles. The average molecular weight is 483 g/mol. The molecular formula is C23H20F3N7O2. The number of hydrogen-bond donors (Lipinski definition) is 1. The van der Waals surface area contributed by atoms with Gasteiger partial charge in [-0.05, 0) is 25.1 Å². The molecule has 9 nitrogen and oxygen atoms in total. The predicted molar refractivity (Wildman–Crippen MR) is 121 cm³/mol. The summed E-state index contributed by atoms with van der Waals surface area (Å²) in [7, 11) is 0. The van der Waals surface area contributed by atoms with E-state index in [9.17, 15) is 22.8 Å². The fraction of sp³-hybridized carbons (Fsp3) is 0.261. The van der Waals surface area contributed by atoms with Crippen LogP contribution in [0.15, 0.2) is 53.6 Å². The second-order valence-electron chi connectivity index (χ2n) is 8.45. The van der Waals surface area contributed by atoms with E-state index in [1.54, 1.807) is 35.2 Å². The number of rotatable bonds is 4. The third-order valence-corrected chi connectivity index (χ3v) is 6.09. The third kappa shape index (κ3) is 3.61. The normalized spacial score (nSPS) is 18.0. The van der Waals surface area contributed by atoms with E-state index in [1.165, 1.54) is 17.7 Å². The zero-order valence-corrected chi connectivity index (χ0v) is 18.7. The number of nitrogens with two attached hydrogens (primary N) is 1. The topological polar surface area (TPSA) is 111 Å². The monoisotopic (exact) mass is 483 g/mol. The van der Waals surface area contributed by atoms with Crippen LogP contribution in [0.2, 0.25) is 0 Å². The van der Waals surface area contributed by atoms with Gasteiger partial charge < -0.3 is 10.6 Å². The minimum absolute atomic E-state index is 0.0348. The first-order chi connectivity index (χ1) is 16.6. The zero-order chi connectivity index (χ0) is 25.1. The van der Waals surface area contributed by atoms with Crippen LogP contribution in [0.25, 0.3) is 11.2 Å². The number of nitrogens with zero attached hydrogens (tertiary/aromatic N) is 6. The maximum absolute atomic E-state index is 13.6. The summed E-state index contributed by atoms with van der Waals surface area (Å²) < 4.78 is 43.1. The fourth-order valence-corrected chi connectivity index (χ4v) is 4.49. The minimum Gasteiger partial charge on any atom is -0.368 e. The van der Waals surface area contributed by atoms with E-state index in [-0.39, 0.29) is 34.9 Å². The minimum atomic E-state index is -4.73. The summed E-state index contributed by atoms with van der Waals surface area (Å²) in [6.07, 6.45) is -2.27. The van der Waals surface area contributed by atoms with Crippen molar-refractivity contribution in [2.45, 2.75) is 26.1 Å². The van der Waals surface area contributed by atoms with E-state index in [2.05, 4.69) is 15.1 Å². The molecule has 1 saturated heterocycles.